The quantitative estimate of drug-likeness (QED) is 0.659. The summed E-state index contributed by atoms with van der Waals surface area (Å²) in [5.41, 5.74) is 0.743. The van der Waals surface area contributed by atoms with Crippen LogP contribution in [-0.4, -0.2) is 12.5 Å². The average molecular weight is 391 g/mol. The molecular weight excluding hydrogens is 378 g/mol. The number of carbonyl (C=O) groups is 1. The van der Waals surface area contributed by atoms with Gasteiger partial charge in [0.05, 0.1) is 4.47 Å². The second-order valence-electron chi connectivity index (χ2n) is 4.97. The SMILES string of the molecule is O=C(COc1ccc(Cl)cc1Br)Nc1ccc2ccccc2c1. The molecule has 0 aliphatic heterocycles. The third kappa shape index (κ3) is 4.03. The van der Waals surface area contributed by atoms with Gasteiger partial charge in [0, 0.05) is 10.7 Å². The summed E-state index contributed by atoms with van der Waals surface area (Å²) in [6.07, 6.45) is 0. The van der Waals surface area contributed by atoms with E-state index in [2.05, 4.69) is 21.2 Å². The van der Waals surface area contributed by atoms with Gasteiger partial charge in [-0.3, -0.25) is 4.79 Å². The molecule has 0 bridgehead atoms. The summed E-state index contributed by atoms with van der Waals surface area (Å²) in [5, 5.41) is 5.64. The summed E-state index contributed by atoms with van der Waals surface area (Å²) in [5.74, 6) is 0.352. The van der Waals surface area contributed by atoms with Crippen LogP contribution in [0.4, 0.5) is 5.69 Å². The summed E-state index contributed by atoms with van der Waals surface area (Å²) in [6.45, 7) is -0.0763. The molecule has 0 spiro atoms. The highest BCUT2D eigenvalue weighted by atomic mass is 79.9. The van der Waals surface area contributed by atoms with Gasteiger partial charge >= 0.3 is 0 Å². The van der Waals surface area contributed by atoms with Gasteiger partial charge in [-0.1, -0.05) is 41.9 Å². The van der Waals surface area contributed by atoms with E-state index < -0.39 is 0 Å². The maximum atomic E-state index is 12.0. The van der Waals surface area contributed by atoms with Gasteiger partial charge in [0.15, 0.2) is 6.61 Å². The molecule has 116 valence electrons. The monoisotopic (exact) mass is 389 g/mol. The Morgan fingerprint density at radius 3 is 2.61 bits per heavy atom. The largest absolute Gasteiger partial charge is 0.483 e. The lowest BCUT2D eigenvalue weighted by molar-refractivity contribution is -0.118. The molecule has 0 saturated carbocycles. The Labute approximate surface area is 147 Å². The fraction of sp³-hybridized carbons (Fsp3) is 0.0556. The maximum Gasteiger partial charge on any atom is 0.262 e. The second-order valence-corrected chi connectivity index (χ2v) is 6.26. The molecule has 23 heavy (non-hydrogen) atoms. The van der Waals surface area contributed by atoms with Crippen molar-refractivity contribution in [3.63, 3.8) is 0 Å². The van der Waals surface area contributed by atoms with Gasteiger partial charge in [-0.2, -0.15) is 0 Å². The van der Waals surface area contributed by atoms with E-state index in [-0.39, 0.29) is 12.5 Å². The molecule has 1 amide bonds. The van der Waals surface area contributed by atoms with E-state index >= 15 is 0 Å². The van der Waals surface area contributed by atoms with E-state index in [1.807, 2.05) is 42.5 Å². The van der Waals surface area contributed by atoms with Crippen molar-refractivity contribution in [2.45, 2.75) is 0 Å². The zero-order chi connectivity index (χ0) is 16.2. The van der Waals surface area contributed by atoms with Crippen LogP contribution in [0.1, 0.15) is 0 Å². The molecule has 0 heterocycles. The van der Waals surface area contributed by atoms with Crippen LogP contribution < -0.4 is 10.1 Å². The lowest BCUT2D eigenvalue weighted by Gasteiger charge is -2.09. The lowest BCUT2D eigenvalue weighted by atomic mass is 10.1. The molecule has 0 aromatic heterocycles. The predicted molar refractivity (Wildman–Crippen MR) is 97.2 cm³/mol. The summed E-state index contributed by atoms with van der Waals surface area (Å²) < 4.78 is 6.21. The van der Waals surface area contributed by atoms with Gasteiger partial charge in [-0.25, -0.2) is 0 Å². The van der Waals surface area contributed by atoms with Crippen molar-refractivity contribution in [3.8, 4) is 5.75 Å². The first-order chi connectivity index (χ1) is 11.1. The summed E-state index contributed by atoms with van der Waals surface area (Å²) in [7, 11) is 0. The number of ether oxygens (including phenoxy) is 1. The number of anilines is 1. The fourth-order valence-electron chi connectivity index (χ4n) is 2.20. The van der Waals surface area contributed by atoms with Crippen LogP contribution in [0.5, 0.6) is 5.75 Å². The summed E-state index contributed by atoms with van der Waals surface area (Å²) in [6, 6.07) is 18.9. The number of hydrogen-bond donors (Lipinski definition) is 1. The number of nitrogens with one attached hydrogen (secondary N) is 1. The van der Waals surface area contributed by atoms with Crippen LogP contribution in [0.3, 0.4) is 0 Å². The standard InChI is InChI=1S/C18H13BrClNO2/c19-16-10-14(20)6-8-17(16)23-11-18(22)21-15-7-5-12-3-1-2-4-13(12)9-15/h1-10H,11H2,(H,21,22). The number of hydrogen-bond acceptors (Lipinski definition) is 2. The van der Waals surface area contributed by atoms with Crippen LogP contribution in [0.25, 0.3) is 10.8 Å². The van der Waals surface area contributed by atoms with Crippen molar-refractivity contribution in [3.05, 3.63) is 70.2 Å². The average Bonchev–Trinajstić information content (AvgIpc) is 2.54. The van der Waals surface area contributed by atoms with E-state index in [9.17, 15) is 4.79 Å². The van der Waals surface area contributed by atoms with Gasteiger partial charge in [0.1, 0.15) is 5.75 Å². The Kier molecular flexibility index (Phi) is 4.84. The molecule has 0 aliphatic rings. The van der Waals surface area contributed by atoms with Crippen molar-refractivity contribution in [2.24, 2.45) is 0 Å². The van der Waals surface area contributed by atoms with E-state index in [4.69, 9.17) is 16.3 Å². The molecule has 0 atom stereocenters. The molecular formula is C18H13BrClNO2. The van der Waals surface area contributed by atoms with Crippen molar-refractivity contribution >= 4 is 49.9 Å². The Morgan fingerprint density at radius 1 is 1.04 bits per heavy atom. The zero-order valence-corrected chi connectivity index (χ0v) is 14.4. The molecule has 0 fully saturated rings. The zero-order valence-electron chi connectivity index (χ0n) is 12.1. The van der Waals surface area contributed by atoms with Crippen LogP contribution in [-0.2, 0) is 4.79 Å². The molecule has 3 nitrogen and oxygen atoms in total. The minimum atomic E-state index is -0.220. The number of halogens is 2. The van der Waals surface area contributed by atoms with Crippen LogP contribution in [0.2, 0.25) is 5.02 Å². The highest BCUT2D eigenvalue weighted by Gasteiger charge is 2.07. The van der Waals surface area contributed by atoms with Crippen molar-refractivity contribution in [1.82, 2.24) is 0 Å². The maximum absolute atomic E-state index is 12.0. The van der Waals surface area contributed by atoms with E-state index in [0.29, 0.717) is 15.2 Å². The van der Waals surface area contributed by atoms with E-state index in [1.54, 1.807) is 18.2 Å². The third-order valence-corrected chi connectivity index (χ3v) is 4.14. The van der Waals surface area contributed by atoms with Crippen molar-refractivity contribution in [2.75, 3.05) is 11.9 Å². The lowest BCUT2D eigenvalue weighted by Crippen LogP contribution is -2.20. The number of fused-ring (bicyclic) bond motifs is 1. The smallest absolute Gasteiger partial charge is 0.262 e. The molecule has 0 saturated heterocycles. The topological polar surface area (TPSA) is 38.3 Å². The highest BCUT2D eigenvalue weighted by molar-refractivity contribution is 9.10. The van der Waals surface area contributed by atoms with E-state index in [1.165, 1.54) is 0 Å². The molecule has 3 rings (SSSR count). The Balaban J connectivity index is 1.64. The normalized spacial score (nSPS) is 10.5. The molecule has 0 radical (unpaired) electrons. The van der Waals surface area contributed by atoms with Crippen molar-refractivity contribution < 1.29 is 9.53 Å². The van der Waals surface area contributed by atoms with Crippen LogP contribution in [0, 0.1) is 0 Å². The highest BCUT2D eigenvalue weighted by Crippen LogP contribution is 2.28. The van der Waals surface area contributed by atoms with Gasteiger partial charge in [0.2, 0.25) is 0 Å². The first-order valence-corrected chi connectivity index (χ1v) is 8.15. The van der Waals surface area contributed by atoms with E-state index in [0.717, 1.165) is 16.5 Å². The summed E-state index contributed by atoms with van der Waals surface area (Å²) in [4.78, 5) is 12.0. The third-order valence-electron chi connectivity index (χ3n) is 3.29. The van der Waals surface area contributed by atoms with Crippen molar-refractivity contribution in [1.29, 1.82) is 0 Å². The van der Waals surface area contributed by atoms with Gasteiger partial charge in [-0.05, 0) is 57.0 Å². The minimum Gasteiger partial charge on any atom is -0.483 e. The number of benzene rings is 3. The summed E-state index contributed by atoms with van der Waals surface area (Å²) >= 11 is 9.22. The van der Waals surface area contributed by atoms with Gasteiger partial charge in [0.25, 0.3) is 5.91 Å². The first kappa shape index (κ1) is 15.8. The molecule has 5 heteroatoms. The van der Waals surface area contributed by atoms with Crippen LogP contribution >= 0.6 is 27.5 Å². The van der Waals surface area contributed by atoms with Crippen LogP contribution in [0.15, 0.2) is 65.1 Å². The molecule has 1 N–H and O–H groups in total. The molecule has 0 unspecified atom stereocenters. The van der Waals surface area contributed by atoms with Gasteiger partial charge in [-0.15, -0.1) is 0 Å². The fourth-order valence-corrected chi connectivity index (χ4v) is 3.00. The Hall–Kier alpha value is -2.04. The molecule has 3 aromatic carbocycles. The Bertz CT molecular complexity index is 867. The Morgan fingerprint density at radius 2 is 1.83 bits per heavy atom. The minimum absolute atomic E-state index is 0.0763. The number of rotatable bonds is 4. The molecule has 0 aliphatic carbocycles. The number of amides is 1. The number of carbonyl (C=O) groups excluding carboxylic acids is 1. The second kappa shape index (κ2) is 7.02. The van der Waals surface area contributed by atoms with Gasteiger partial charge < -0.3 is 10.1 Å². The molecule has 3 aromatic rings. The predicted octanol–water partition coefficient (Wildman–Crippen LogP) is 5.27. The first-order valence-electron chi connectivity index (χ1n) is 6.98.